The summed E-state index contributed by atoms with van der Waals surface area (Å²) in [6.45, 7) is 0.519. The van der Waals surface area contributed by atoms with Crippen LogP contribution in [-0.2, 0) is 4.79 Å². The van der Waals surface area contributed by atoms with Crippen LogP contribution in [0.4, 0.5) is 5.69 Å². The van der Waals surface area contributed by atoms with Crippen LogP contribution >= 0.6 is 11.6 Å². The summed E-state index contributed by atoms with van der Waals surface area (Å²) >= 11 is 6.16. The zero-order valence-corrected chi connectivity index (χ0v) is 13.3. The molecule has 3 rings (SSSR count). The van der Waals surface area contributed by atoms with E-state index in [9.17, 15) is 9.59 Å². The molecule has 23 heavy (non-hydrogen) atoms. The lowest BCUT2D eigenvalue weighted by Gasteiger charge is -2.24. The summed E-state index contributed by atoms with van der Waals surface area (Å²) in [5.74, 6) is -0.463. The Morgan fingerprint density at radius 1 is 1.35 bits per heavy atom. The first-order chi connectivity index (χ1) is 11.1. The van der Waals surface area contributed by atoms with E-state index in [0.29, 0.717) is 23.7 Å². The molecule has 1 aliphatic rings. The van der Waals surface area contributed by atoms with Gasteiger partial charge in [-0.05, 0) is 18.6 Å². The molecule has 0 aliphatic carbocycles. The van der Waals surface area contributed by atoms with E-state index in [1.807, 2.05) is 12.1 Å². The van der Waals surface area contributed by atoms with Crippen molar-refractivity contribution in [3.05, 3.63) is 53.6 Å². The van der Waals surface area contributed by atoms with Gasteiger partial charge in [-0.1, -0.05) is 23.7 Å². The number of anilines is 1. The molecular weight excluding hydrogens is 316 g/mol. The van der Waals surface area contributed by atoms with Gasteiger partial charge < -0.3 is 9.80 Å². The molecular formula is C16H15ClN4O2. The summed E-state index contributed by atoms with van der Waals surface area (Å²) in [5.41, 5.74) is 0.890. The molecule has 0 saturated carbocycles. The topological polar surface area (TPSA) is 66.4 Å². The van der Waals surface area contributed by atoms with E-state index in [4.69, 9.17) is 11.6 Å². The number of likely N-dealkylation sites (N-methyl/N-ethyl adjacent to an activating group) is 1. The van der Waals surface area contributed by atoms with Crippen molar-refractivity contribution in [3.63, 3.8) is 0 Å². The van der Waals surface area contributed by atoms with Gasteiger partial charge in [0.2, 0.25) is 5.91 Å². The second kappa shape index (κ2) is 6.34. The van der Waals surface area contributed by atoms with Crippen molar-refractivity contribution >= 4 is 29.1 Å². The number of para-hydroxylation sites is 1. The highest BCUT2D eigenvalue weighted by atomic mass is 35.5. The minimum atomic E-state index is -0.527. The highest BCUT2D eigenvalue weighted by Gasteiger charge is 2.38. The molecule has 1 aromatic carbocycles. The standard InChI is InChI=1S/C16H15ClN4O2/c1-20(15(22)12-10-18-7-8-19-12)14-6-9-21(16(14)23)13-5-3-2-4-11(13)17/h2-5,7-8,10,14H,6,9H2,1H3/t14-/m0/s1. The fourth-order valence-electron chi connectivity index (χ4n) is 2.67. The molecule has 6 nitrogen and oxygen atoms in total. The van der Waals surface area contributed by atoms with Gasteiger partial charge >= 0.3 is 0 Å². The van der Waals surface area contributed by atoms with Gasteiger partial charge in [0.25, 0.3) is 5.91 Å². The predicted octanol–water partition coefficient (Wildman–Crippen LogP) is 2.01. The Hall–Kier alpha value is -2.47. The Labute approximate surface area is 138 Å². The highest BCUT2D eigenvalue weighted by molar-refractivity contribution is 6.34. The molecule has 0 radical (unpaired) electrons. The van der Waals surface area contributed by atoms with Crippen molar-refractivity contribution in [1.29, 1.82) is 0 Å². The number of carbonyl (C=O) groups excluding carboxylic acids is 2. The van der Waals surface area contributed by atoms with Crippen LogP contribution in [-0.4, -0.2) is 46.3 Å². The maximum Gasteiger partial charge on any atom is 0.274 e. The van der Waals surface area contributed by atoms with Crippen LogP contribution in [0.5, 0.6) is 0 Å². The maximum atomic E-state index is 12.7. The van der Waals surface area contributed by atoms with E-state index in [2.05, 4.69) is 9.97 Å². The highest BCUT2D eigenvalue weighted by Crippen LogP contribution is 2.30. The Morgan fingerprint density at radius 3 is 2.83 bits per heavy atom. The molecule has 2 amide bonds. The molecule has 1 aromatic heterocycles. The molecule has 118 valence electrons. The van der Waals surface area contributed by atoms with Crippen LogP contribution in [0.15, 0.2) is 42.9 Å². The minimum absolute atomic E-state index is 0.141. The SMILES string of the molecule is CN(C(=O)c1cnccn1)[C@H]1CCN(c2ccccc2Cl)C1=O. The van der Waals surface area contributed by atoms with E-state index in [1.165, 1.54) is 23.5 Å². The maximum absolute atomic E-state index is 12.7. The van der Waals surface area contributed by atoms with E-state index < -0.39 is 6.04 Å². The molecule has 0 N–H and O–H groups in total. The van der Waals surface area contributed by atoms with Crippen LogP contribution in [0.3, 0.4) is 0 Å². The Kier molecular flexibility index (Phi) is 4.25. The molecule has 0 spiro atoms. The number of carbonyl (C=O) groups is 2. The fourth-order valence-corrected chi connectivity index (χ4v) is 2.90. The van der Waals surface area contributed by atoms with Crippen molar-refractivity contribution in [2.24, 2.45) is 0 Å². The van der Waals surface area contributed by atoms with Gasteiger partial charge in [0, 0.05) is 26.0 Å². The first-order valence-electron chi connectivity index (χ1n) is 7.18. The third kappa shape index (κ3) is 2.90. The molecule has 0 bridgehead atoms. The first-order valence-corrected chi connectivity index (χ1v) is 7.56. The van der Waals surface area contributed by atoms with Crippen molar-refractivity contribution in [3.8, 4) is 0 Å². The zero-order chi connectivity index (χ0) is 16.4. The summed E-state index contributed by atoms with van der Waals surface area (Å²) < 4.78 is 0. The normalized spacial score (nSPS) is 17.4. The largest absolute Gasteiger partial charge is 0.328 e. The van der Waals surface area contributed by atoms with Crippen molar-refractivity contribution < 1.29 is 9.59 Å². The first kappa shape index (κ1) is 15.4. The molecule has 1 atom stereocenters. The number of halogens is 1. The van der Waals surface area contributed by atoms with Crippen LogP contribution in [0.25, 0.3) is 0 Å². The van der Waals surface area contributed by atoms with Crippen molar-refractivity contribution in [1.82, 2.24) is 14.9 Å². The molecule has 1 fully saturated rings. The number of benzene rings is 1. The lowest BCUT2D eigenvalue weighted by Crippen LogP contribution is -2.43. The van der Waals surface area contributed by atoms with E-state index in [1.54, 1.807) is 24.1 Å². The zero-order valence-electron chi connectivity index (χ0n) is 12.5. The quantitative estimate of drug-likeness (QED) is 0.863. The van der Waals surface area contributed by atoms with Gasteiger partial charge in [-0.25, -0.2) is 4.98 Å². The Morgan fingerprint density at radius 2 is 2.13 bits per heavy atom. The molecule has 1 saturated heterocycles. The van der Waals surface area contributed by atoms with Gasteiger partial charge in [-0.3, -0.25) is 14.6 Å². The monoisotopic (exact) mass is 330 g/mol. The van der Waals surface area contributed by atoms with Crippen LogP contribution in [0.1, 0.15) is 16.9 Å². The van der Waals surface area contributed by atoms with Crippen LogP contribution in [0.2, 0.25) is 5.02 Å². The smallest absolute Gasteiger partial charge is 0.274 e. The van der Waals surface area contributed by atoms with Crippen molar-refractivity contribution in [2.75, 3.05) is 18.5 Å². The van der Waals surface area contributed by atoms with E-state index in [-0.39, 0.29) is 17.5 Å². The Bertz CT molecular complexity index is 738. The van der Waals surface area contributed by atoms with Gasteiger partial charge in [0.1, 0.15) is 11.7 Å². The number of rotatable bonds is 3. The number of aromatic nitrogens is 2. The number of amides is 2. The van der Waals surface area contributed by atoms with Gasteiger partial charge in [-0.2, -0.15) is 0 Å². The Balaban J connectivity index is 1.79. The second-order valence-electron chi connectivity index (χ2n) is 5.25. The molecule has 1 aliphatic heterocycles. The number of hydrogen-bond acceptors (Lipinski definition) is 4. The summed E-state index contributed by atoms with van der Waals surface area (Å²) in [4.78, 5) is 36.0. The van der Waals surface area contributed by atoms with E-state index in [0.717, 1.165) is 0 Å². The summed E-state index contributed by atoms with van der Waals surface area (Å²) in [5, 5.41) is 0.518. The number of nitrogens with zero attached hydrogens (tertiary/aromatic N) is 4. The predicted molar refractivity (Wildman–Crippen MR) is 86.3 cm³/mol. The molecule has 2 aromatic rings. The van der Waals surface area contributed by atoms with E-state index >= 15 is 0 Å². The minimum Gasteiger partial charge on any atom is -0.328 e. The molecule has 2 heterocycles. The summed E-state index contributed by atoms with van der Waals surface area (Å²) in [6, 6.07) is 6.66. The lowest BCUT2D eigenvalue weighted by atomic mass is 10.2. The number of hydrogen-bond donors (Lipinski definition) is 0. The third-order valence-electron chi connectivity index (χ3n) is 3.89. The third-order valence-corrected chi connectivity index (χ3v) is 4.21. The lowest BCUT2D eigenvalue weighted by molar-refractivity contribution is -0.120. The van der Waals surface area contributed by atoms with Crippen LogP contribution < -0.4 is 4.90 Å². The molecule has 0 unspecified atom stereocenters. The summed E-state index contributed by atoms with van der Waals surface area (Å²) in [7, 11) is 1.61. The average Bonchev–Trinajstić information content (AvgIpc) is 2.96. The average molecular weight is 331 g/mol. The van der Waals surface area contributed by atoms with Crippen molar-refractivity contribution in [2.45, 2.75) is 12.5 Å². The summed E-state index contributed by atoms with van der Waals surface area (Å²) in [6.07, 6.45) is 4.89. The van der Waals surface area contributed by atoms with Gasteiger partial charge in [0.15, 0.2) is 0 Å². The van der Waals surface area contributed by atoms with Crippen LogP contribution in [0, 0.1) is 0 Å². The fraction of sp³-hybridized carbons (Fsp3) is 0.250. The second-order valence-corrected chi connectivity index (χ2v) is 5.66. The molecule has 7 heteroatoms. The van der Waals surface area contributed by atoms with Gasteiger partial charge in [0.05, 0.1) is 16.9 Å². The van der Waals surface area contributed by atoms with Gasteiger partial charge in [-0.15, -0.1) is 0 Å².